The molecule has 0 bridgehead atoms. The second kappa shape index (κ2) is 20.1. The number of rotatable bonds is 20. The Hall–Kier alpha value is -3.81. The maximum absolute atomic E-state index is 12.2. The highest BCUT2D eigenvalue weighted by molar-refractivity contribution is 6.99. The Bertz CT molecular complexity index is 1500. The molecule has 0 aliphatic rings. The van der Waals surface area contributed by atoms with Gasteiger partial charge in [0.15, 0.2) is 0 Å². The van der Waals surface area contributed by atoms with Crippen LogP contribution in [0.4, 0.5) is 0 Å². The van der Waals surface area contributed by atoms with E-state index >= 15 is 0 Å². The van der Waals surface area contributed by atoms with Crippen LogP contribution in [0.25, 0.3) is 0 Å². The minimum atomic E-state index is -2.72. The van der Waals surface area contributed by atoms with Gasteiger partial charge >= 0.3 is 5.97 Å². The lowest BCUT2D eigenvalue weighted by atomic mass is 9.89. The molecule has 0 spiro atoms. The zero-order valence-electron chi connectivity index (χ0n) is 30.6. The molecule has 4 rings (SSSR count). The van der Waals surface area contributed by atoms with E-state index in [1.165, 1.54) is 10.4 Å². The molecule has 3 atom stereocenters. The van der Waals surface area contributed by atoms with Crippen molar-refractivity contribution in [1.82, 2.24) is 0 Å². The lowest BCUT2D eigenvalue weighted by Crippen LogP contribution is -2.67. The highest BCUT2D eigenvalue weighted by Gasteiger charge is 2.50. The van der Waals surface area contributed by atoms with Crippen LogP contribution in [0.3, 0.4) is 0 Å². The SMILES string of the molecule is CCOC(=O)/C=C/C[C@@H](CCOCc1ccccc1)C[C@@H](OCc1ccccc1)[C@H](C)CO[Si](c1ccccc1)(c1ccccc1)C(C)(C)C. The number of hydrogen-bond donors (Lipinski definition) is 0. The fourth-order valence-electron chi connectivity index (χ4n) is 6.59. The smallest absolute Gasteiger partial charge is 0.330 e. The molecule has 0 aliphatic carbocycles. The van der Waals surface area contributed by atoms with Crippen LogP contribution >= 0.6 is 0 Å². The van der Waals surface area contributed by atoms with E-state index in [9.17, 15) is 4.79 Å². The standard InChI is InChI=1S/C44H56O5Si/c1-6-47-43(45)29-19-24-37(30-31-46-34-38-20-11-7-12-21-38)32-42(48-35-39-22-13-8-14-23-39)36(2)33-49-50(44(3,4)5,40-25-15-9-16-26-40)41-27-17-10-18-28-41/h7-23,25-29,36-37,42H,6,24,30-35H2,1-5H3/b29-19+/t36-,37+,42-/m1/s1. The van der Waals surface area contributed by atoms with Crippen LogP contribution < -0.4 is 10.4 Å². The van der Waals surface area contributed by atoms with Crippen molar-refractivity contribution >= 4 is 24.7 Å². The zero-order chi connectivity index (χ0) is 35.7. The van der Waals surface area contributed by atoms with Gasteiger partial charge in [-0.3, -0.25) is 0 Å². The molecule has 0 saturated heterocycles. The monoisotopic (exact) mass is 692 g/mol. The Kier molecular flexibility index (Phi) is 15.7. The first-order valence-corrected chi connectivity index (χ1v) is 20.0. The molecule has 0 aliphatic heterocycles. The molecule has 5 nitrogen and oxygen atoms in total. The van der Waals surface area contributed by atoms with Gasteiger partial charge in [0.25, 0.3) is 8.32 Å². The van der Waals surface area contributed by atoms with Crippen LogP contribution in [0.1, 0.15) is 65.0 Å². The van der Waals surface area contributed by atoms with Crippen molar-refractivity contribution in [3.05, 3.63) is 145 Å². The van der Waals surface area contributed by atoms with Gasteiger partial charge in [-0.2, -0.15) is 0 Å². The van der Waals surface area contributed by atoms with Crippen molar-refractivity contribution in [1.29, 1.82) is 0 Å². The number of hydrogen-bond acceptors (Lipinski definition) is 5. The predicted octanol–water partition coefficient (Wildman–Crippen LogP) is 8.91. The molecule has 6 heteroatoms. The number of benzene rings is 4. The van der Waals surface area contributed by atoms with Crippen molar-refractivity contribution in [3.63, 3.8) is 0 Å². The molecular weight excluding hydrogens is 637 g/mol. The molecule has 0 aromatic heterocycles. The number of ether oxygens (including phenoxy) is 3. The van der Waals surface area contributed by atoms with Crippen molar-refractivity contribution < 1.29 is 23.4 Å². The van der Waals surface area contributed by atoms with Crippen LogP contribution in [-0.4, -0.2) is 40.2 Å². The predicted molar refractivity (Wildman–Crippen MR) is 207 cm³/mol. The average Bonchev–Trinajstić information content (AvgIpc) is 3.13. The van der Waals surface area contributed by atoms with Crippen LogP contribution in [0.15, 0.2) is 133 Å². The largest absolute Gasteiger partial charge is 0.463 e. The van der Waals surface area contributed by atoms with Gasteiger partial charge in [-0.15, -0.1) is 0 Å². The van der Waals surface area contributed by atoms with Crippen molar-refractivity contribution in [2.45, 2.75) is 78.2 Å². The highest BCUT2D eigenvalue weighted by Crippen LogP contribution is 2.37. The fourth-order valence-corrected chi connectivity index (χ4v) is 11.3. The Morgan fingerprint density at radius 2 is 1.28 bits per heavy atom. The first-order valence-electron chi connectivity index (χ1n) is 18.1. The third kappa shape index (κ3) is 11.6. The summed E-state index contributed by atoms with van der Waals surface area (Å²) in [6.45, 7) is 13.6. The summed E-state index contributed by atoms with van der Waals surface area (Å²) in [6, 6.07) is 42.2. The number of carbonyl (C=O) groups is 1. The van der Waals surface area contributed by atoms with Gasteiger partial charge in [-0.05, 0) is 58.6 Å². The molecule has 0 saturated carbocycles. The highest BCUT2D eigenvalue weighted by atomic mass is 28.4. The van der Waals surface area contributed by atoms with Crippen LogP contribution in [0, 0.1) is 11.8 Å². The molecule has 266 valence electrons. The summed E-state index contributed by atoms with van der Waals surface area (Å²) in [7, 11) is -2.72. The lowest BCUT2D eigenvalue weighted by molar-refractivity contribution is -0.137. The van der Waals surface area contributed by atoms with Crippen LogP contribution in [0.5, 0.6) is 0 Å². The van der Waals surface area contributed by atoms with E-state index in [0.717, 1.165) is 30.4 Å². The number of esters is 1. The summed E-state index contributed by atoms with van der Waals surface area (Å²) in [5.74, 6) is 0.0187. The van der Waals surface area contributed by atoms with Crippen molar-refractivity contribution in [3.8, 4) is 0 Å². The molecule has 50 heavy (non-hydrogen) atoms. The number of carbonyl (C=O) groups excluding carboxylic acids is 1. The summed E-state index contributed by atoms with van der Waals surface area (Å²) >= 11 is 0. The third-order valence-electron chi connectivity index (χ3n) is 9.28. The maximum Gasteiger partial charge on any atom is 0.330 e. The van der Waals surface area contributed by atoms with Gasteiger partial charge in [0.2, 0.25) is 0 Å². The van der Waals surface area contributed by atoms with E-state index in [4.69, 9.17) is 18.6 Å². The molecule has 0 fully saturated rings. The van der Waals surface area contributed by atoms with Gasteiger partial charge in [0.1, 0.15) is 0 Å². The van der Waals surface area contributed by atoms with Gasteiger partial charge < -0.3 is 18.6 Å². The van der Waals surface area contributed by atoms with Crippen LogP contribution in [-0.2, 0) is 36.6 Å². The number of allylic oxidation sites excluding steroid dienone is 1. The van der Waals surface area contributed by atoms with Gasteiger partial charge in [-0.25, -0.2) is 4.79 Å². The van der Waals surface area contributed by atoms with Gasteiger partial charge in [0, 0.05) is 25.2 Å². The topological polar surface area (TPSA) is 54.0 Å². The van der Waals surface area contributed by atoms with E-state index in [0.29, 0.717) is 33.0 Å². The molecule has 0 heterocycles. The van der Waals surface area contributed by atoms with E-state index in [2.05, 4.69) is 125 Å². The first-order chi connectivity index (χ1) is 24.2. The minimum absolute atomic E-state index is 0.0801. The van der Waals surface area contributed by atoms with E-state index in [1.807, 2.05) is 37.3 Å². The fraction of sp³-hybridized carbons (Fsp3) is 0.386. The second-order valence-electron chi connectivity index (χ2n) is 14.1. The summed E-state index contributed by atoms with van der Waals surface area (Å²) in [5, 5.41) is 2.42. The Morgan fingerprint density at radius 3 is 1.80 bits per heavy atom. The molecule has 4 aromatic rings. The van der Waals surface area contributed by atoms with Crippen molar-refractivity contribution in [2.24, 2.45) is 11.8 Å². The molecule has 0 amide bonds. The third-order valence-corrected chi connectivity index (χ3v) is 14.3. The molecule has 4 aromatic carbocycles. The van der Waals surface area contributed by atoms with Crippen molar-refractivity contribution in [2.75, 3.05) is 19.8 Å². The Morgan fingerprint density at radius 1 is 0.760 bits per heavy atom. The minimum Gasteiger partial charge on any atom is -0.463 e. The Labute approximate surface area is 301 Å². The first kappa shape index (κ1) is 39.0. The van der Waals surface area contributed by atoms with Gasteiger partial charge in [0.05, 0.1) is 25.9 Å². The van der Waals surface area contributed by atoms with E-state index in [1.54, 1.807) is 6.08 Å². The average molecular weight is 693 g/mol. The lowest BCUT2D eigenvalue weighted by Gasteiger charge is -2.44. The summed E-state index contributed by atoms with van der Waals surface area (Å²) < 4.78 is 25.5. The maximum atomic E-state index is 12.2. The second-order valence-corrected chi connectivity index (χ2v) is 18.4. The summed E-state index contributed by atoms with van der Waals surface area (Å²) in [4.78, 5) is 12.2. The summed E-state index contributed by atoms with van der Waals surface area (Å²) in [6.07, 6.45) is 5.78. The van der Waals surface area contributed by atoms with E-state index < -0.39 is 8.32 Å². The molecule has 0 N–H and O–H groups in total. The zero-order valence-corrected chi connectivity index (χ0v) is 31.6. The quantitative estimate of drug-likeness (QED) is 0.0401. The summed E-state index contributed by atoms with van der Waals surface area (Å²) in [5.41, 5.74) is 2.30. The molecule has 0 unspecified atom stereocenters. The van der Waals surface area contributed by atoms with Gasteiger partial charge in [-0.1, -0.05) is 155 Å². The van der Waals surface area contributed by atoms with Crippen LogP contribution in [0.2, 0.25) is 5.04 Å². The van der Waals surface area contributed by atoms with E-state index in [-0.39, 0.29) is 28.9 Å². The molecule has 0 radical (unpaired) electrons. The normalized spacial score (nSPS) is 13.9. The molecular formula is C44H56O5Si. The Balaban J connectivity index is 1.57.